The van der Waals surface area contributed by atoms with Gasteiger partial charge in [-0.3, -0.25) is 4.79 Å². The number of carbonyl (C=O) groups excluding carboxylic acids is 1. The van der Waals surface area contributed by atoms with Crippen LogP contribution < -0.4 is 0 Å². The molecule has 2 aromatic heterocycles. The van der Waals surface area contributed by atoms with Gasteiger partial charge in [-0.2, -0.15) is 11.3 Å². The molecule has 1 atom stereocenters. The molecular formula is C19H25N3OS. The summed E-state index contributed by atoms with van der Waals surface area (Å²) >= 11 is 1.59. The topological polar surface area (TPSA) is 38.1 Å². The van der Waals surface area contributed by atoms with Crippen molar-refractivity contribution in [1.82, 2.24) is 14.5 Å². The Kier molecular flexibility index (Phi) is 4.44. The molecule has 1 aliphatic heterocycles. The Hall–Kier alpha value is -1.62. The maximum Gasteiger partial charge on any atom is 0.254 e. The highest BCUT2D eigenvalue weighted by Crippen LogP contribution is 2.36. The van der Waals surface area contributed by atoms with Crippen LogP contribution in [0.2, 0.25) is 0 Å². The molecule has 2 aliphatic rings. The van der Waals surface area contributed by atoms with Crippen LogP contribution >= 0.6 is 11.3 Å². The molecule has 4 nitrogen and oxygen atoms in total. The predicted molar refractivity (Wildman–Crippen MR) is 96.5 cm³/mol. The number of thiophene rings is 1. The Bertz CT molecular complexity index is 702. The molecule has 0 radical (unpaired) electrons. The minimum absolute atomic E-state index is 0.197. The van der Waals surface area contributed by atoms with Crippen molar-refractivity contribution >= 4 is 17.2 Å². The van der Waals surface area contributed by atoms with Crippen molar-refractivity contribution < 1.29 is 4.79 Å². The molecule has 1 amide bonds. The van der Waals surface area contributed by atoms with E-state index in [1.807, 2.05) is 27.9 Å². The number of imidazole rings is 1. The van der Waals surface area contributed by atoms with E-state index in [4.69, 9.17) is 0 Å². The molecule has 1 unspecified atom stereocenters. The third kappa shape index (κ3) is 3.02. The molecule has 0 aromatic carbocycles. The largest absolute Gasteiger partial charge is 0.338 e. The van der Waals surface area contributed by atoms with Crippen LogP contribution in [0, 0.1) is 12.8 Å². The maximum absolute atomic E-state index is 12.6. The lowest BCUT2D eigenvalue weighted by molar-refractivity contribution is 0.0661. The average molecular weight is 343 g/mol. The zero-order valence-electron chi connectivity index (χ0n) is 14.3. The van der Waals surface area contributed by atoms with E-state index in [-0.39, 0.29) is 5.91 Å². The van der Waals surface area contributed by atoms with E-state index >= 15 is 0 Å². The van der Waals surface area contributed by atoms with Crippen molar-refractivity contribution in [1.29, 1.82) is 0 Å². The summed E-state index contributed by atoms with van der Waals surface area (Å²) < 4.78 is 2.42. The fraction of sp³-hybridized carbons (Fsp3) is 0.579. The van der Waals surface area contributed by atoms with Gasteiger partial charge in [-0.1, -0.05) is 6.42 Å². The first-order chi connectivity index (χ1) is 11.7. The molecule has 24 heavy (non-hydrogen) atoms. The summed E-state index contributed by atoms with van der Waals surface area (Å²) in [5.41, 5.74) is 2.10. The van der Waals surface area contributed by atoms with Gasteiger partial charge in [-0.05, 0) is 50.0 Å². The van der Waals surface area contributed by atoms with Gasteiger partial charge in [0, 0.05) is 42.8 Å². The lowest BCUT2D eigenvalue weighted by Crippen LogP contribution is -2.41. The van der Waals surface area contributed by atoms with E-state index in [2.05, 4.69) is 16.5 Å². The molecule has 5 heteroatoms. The smallest absolute Gasteiger partial charge is 0.254 e. The van der Waals surface area contributed by atoms with Gasteiger partial charge in [0.25, 0.3) is 5.91 Å². The molecule has 2 aromatic rings. The van der Waals surface area contributed by atoms with Crippen LogP contribution in [0.1, 0.15) is 59.9 Å². The first-order valence-corrected chi connectivity index (χ1v) is 10.00. The normalized spacial score (nSPS) is 21.7. The maximum atomic E-state index is 12.6. The molecule has 2 fully saturated rings. The number of aryl methyl sites for hydroxylation is 1. The fourth-order valence-electron chi connectivity index (χ4n) is 3.93. The number of hydrogen-bond acceptors (Lipinski definition) is 3. The molecule has 1 saturated heterocycles. The van der Waals surface area contributed by atoms with Gasteiger partial charge in [0.2, 0.25) is 0 Å². The summed E-state index contributed by atoms with van der Waals surface area (Å²) in [7, 11) is 0. The van der Waals surface area contributed by atoms with Crippen LogP contribution in [0.15, 0.2) is 23.0 Å². The highest BCUT2D eigenvalue weighted by molar-refractivity contribution is 7.08. The molecule has 0 bridgehead atoms. The van der Waals surface area contributed by atoms with E-state index in [1.54, 1.807) is 11.3 Å². The van der Waals surface area contributed by atoms with Crippen molar-refractivity contribution in [3.8, 4) is 0 Å². The van der Waals surface area contributed by atoms with Gasteiger partial charge in [0.05, 0.1) is 5.56 Å². The second-order valence-corrected chi connectivity index (χ2v) is 8.05. The SMILES string of the molecule is Cc1cnc(C2CCC2)n1CC1CCCN(C(=O)c2ccsc2)C1. The monoisotopic (exact) mass is 343 g/mol. The van der Waals surface area contributed by atoms with Crippen molar-refractivity contribution in [3.05, 3.63) is 40.1 Å². The third-order valence-corrected chi connectivity index (χ3v) is 6.25. The van der Waals surface area contributed by atoms with Crippen molar-refractivity contribution in [2.75, 3.05) is 13.1 Å². The van der Waals surface area contributed by atoms with Crippen LogP contribution in [0.4, 0.5) is 0 Å². The summed E-state index contributed by atoms with van der Waals surface area (Å²) in [6.45, 7) is 4.93. The van der Waals surface area contributed by atoms with Crippen LogP contribution in [-0.4, -0.2) is 33.4 Å². The average Bonchev–Trinajstić information content (AvgIpc) is 3.18. The van der Waals surface area contributed by atoms with Crippen molar-refractivity contribution in [2.24, 2.45) is 5.92 Å². The quantitative estimate of drug-likeness (QED) is 0.839. The van der Waals surface area contributed by atoms with E-state index < -0.39 is 0 Å². The number of nitrogens with zero attached hydrogens (tertiary/aromatic N) is 3. The Balaban J connectivity index is 1.45. The number of amides is 1. The second-order valence-electron chi connectivity index (χ2n) is 7.27. The van der Waals surface area contributed by atoms with E-state index in [1.165, 1.54) is 37.2 Å². The lowest BCUT2D eigenvalue weighted by atomic mass is 9.84. The number of hydrogen-bond donors (Lipinski definition) is 0. The summed E-state index contributed by atoms with van der Waals surface area (Å²) in [5, 5.41) is 3.94. The Morgan fingerprint density at radius 1 is 1.33 bits per heavy atom. The summed E-state index contributed by atoms with van der Waals surface area (Å²) in [6.07, 6.45) is 8.23. The molecule has 4 rings (SSSR count). The minimum Gasteiger partial charge on any atom is -0.338 e. The van der Waals surface area contributed by atoms with Gasteiger partial charge >= 0.3 is 0 Å². The van der Waals surface area contributed by atoms with Gasteiger partial charge in [-0.25, -0.2) is 4.98 Å². The number of piperidine rings is 1. The Morgan fingerprint density at radius 2 is 2.21 bits per heavy atom. The van der Waals surface area contributed by atoms with Crippen LogP contribution in [-0.2, 0) is 6.54 Å². The minimum atomic E-state index is 0.197. The van der Waals surface area contributed by atoms with Crippen LogP contribution in [0.5, 0.6) is 0 Å². The number of aromatic nitrogens is 2. The molecule has 0 spiro atoms. The first-order valence-electron chi connectivity index (χ1n) is 9.06. The van der Waals surface area contributed by atoms with Crippen molar-refractivity contribution in [3.63, 3.8) is 0 Å². The van der Waals surface area contributed by atoms with Crippen LogP contribution in [0.25, 0.3) is 0 Å². The van der Waals surface area contributed by atoms with E-state index in [0.717, 1.165) is 31.6 Å². The third-order valence-electron chi connectivity index (χ3n) is 5.57. The van der Waals surface area contributed by atoms with Crippen molar-refractivity contribution in [2.45, 2.75) is 51.5 Å². The van der Waals surface area contributed by atoms with Gasteiger partial charge in [0.15, 0.2) is 0 Å². The lowest BCUT2D eigenvalue weighted by Gasteiger charge is -2.34. The van der Waals surface area contributed by atoms with Crippen LogP contribution in [0.3, 0.4) is 0 Å². The fourth-order valence-corrected chi connectivity index (χ4v) is 4.56. The summed E-state index contributed by atoms with van der Waals surface area (Å²) in [5.74, 6) is 2.67. The number of carbonyl (C=O) groups is 1. The molecule has 3 heterocycles. The Labute approximate surface area is 147 Å². The van der Waals surface area contributed by atoms with Gasteiger partial charge in [0.1, 0.15) is 5.82 Å². The summed E-state index contributed by atoms with van der Waals surface area (Å²) in [6, 6.07) is 1.94. The zero-order chi connectivity index (χ0) is 16.5. The van der Waals surface area contributed by atoms with Gasteiger partial charge < -0.3 is 9.47 Å². The molecule has 0 N–H and O–H groups in total. The molecular weight excluding hydrogens is 318 g/mol. The first kappa shape index (κ1) is 15.9. The highest BCUT2D eigenvalue weighted by Gasteiger charge is 2.28. The standard InChI is InChI=1S/C19H25N3OS/c1-14-10-20-18(16-5-2-6-16)22(14)12-15-4-3-8-21(11-15)19(23)17-7-9-24-13-17/h7,9-10,13,15-16H,2-6,8,11-12H2,1H3. The number of rotatable bonds is 4. The second kappa shape index (κ2) is 6.71. The zero-order valence-corrected chi connectivity index (χ0v) is 15.1. The predicted octanol–water partition coefficient (Wildman–Crippen LogP) is 4.07. The van der Waals surface area contributed by atoms with Gasteiger partial charge in [-0.15, -0.1) is 0 Å². The number of likely N-dealkylation sites (tertiary alicyclic amines) is 1. The molecule has 1 aliphatic carbocycles. The Morgan fingerprint density at radius 3 is 2.92 bits per heavy atom. The van der Waals surface area contributed by atoms with E-state index in [0.29, 0.717) is 11.8 Å². The summed E-state index contributed by atoms with van der Waals surface area (Å²) in [4.78, 5) is 19.3. The van der Waals surface area contributed by atoms with E-state index in [9.17, 15) is 4.79 Å². The molecule has 1 saturated carbocycles. The highest BCUT2D eigenvalue weighted by atomic mass is 32.1. The molecule has 128 valence electrons.